The molecule has 0 saturated heterocycles. The zero-order chi connectivity index (χ0) is 17.3. The van der Waals surface area contributed by atoms with Crippen molar-refractivity contribution in [1.82, 2.24) is 4.98 Å². The van der Waals surface area contributed by atoms with Crippen LogP contribution in [0.25, 0.3) is 10.9 Å². The summed E-state index contributed by atoms with van der Waals surface area (Å²) in [5, 5.41) is 0.966. The van der Waals surface area contributed by atoms with Crippen LogP contribution in [-0.4, -0.2) is 23.3 Å². The quantitative estimate of drug-likeness (QED) is 0.301. The minimum Gasteiger partial charge on any atom is -0.462 e. The van der Waals surface area contributed by atoms with E-state index >= 15 is 0 Å². The van der Waals surface area contributed by atoms with E-state index in [4.69, 9.17) is 51.1 Å². The number of nitrogens with zero attached hydrogens (tertiary/aromatic N) is 1. The summed E-state index contributed by atoms with van der Waals surface area (Å²) < 4.78 is 5.12. The van der Waals surface area contributed by atoms with Gasteiger partial charge in [-0.15, -0.1) is 0 Å². The van der Waals surface area contributed by atoms with Crippen molar-refractivity contribution in [2.24, 2.45) is 4.99 Å². The molecule has 1 aromatic heterocycles. The summed E-state index contributed by atoms with van der Waals surface area (Å²) in [6.07, 6.45) is 0. The molecule has 0 radical (unpaired) electrons. The second-order valence-corrected chi connectivity index (χ2v) is 6.48. The number of hydrogen-bond donors (Lipinski definition) is 1. The third-order valence-electron chi connectivity index (χ3n) is 3.13. The number of H-pyrrole nitrogens is 1. The van der Waals surface area contributed by atoms with Crippen molar-refractivity contribution in [1.29, 1.82) is 0 Å². The van der Waals surface area contributed by atoms with Crippen LogP contribution >= 0.6 is 46.4 Å². The standard InChI is InChI=1S/C15H14Cl4N2O2/c1-4-23-15(22)8-7(5-20-6(2)3)21-14-9(8)10(16)11(17)12(18)13(14)19/h21H,4-5H2,1-3H3. The Morgan fingerprint density at radius 3 is 2.26 bits per heavy atom. The molecule has 1 N–H and O–H groups in total. The van der Waals surface area contributed by atoms with Gasteiger partial charge in [0, 0.05) is 11.1 Å². The molecule has 4 nitrogen and oxygen atoms in total. The average molecular weight is 396 g/mol. The van der Waals surface area contributed by atoms with Crippen LogP contribution in [0, 0.1) is 0 Å². The number of benzene rings is 1. The molecule has 2 aromatic rings. The number of aromatic nitrogens is 1. The SMILES string of the molecule is CCOC(=O)c1c(CN=C(C)C)[nH]c2c(Cl)c(Cl)c(Cl)c(Cl)c12. The van der Waals surface area contributed by atoms with Crippen LogP contribution in [0.15, 0.2) is 4.99 Å². The van der Waals surface area contributed by atoms with E-state index < -0.39 is 5.97 Å². The summed E-state index contributed by atoms with van der Waals surface area (Å²) in [4.78, 5) is 19.8. The van der Waals surface area contributed by atoms with Crippen molar-refractivity contribution in [3.05, 3.63) is 31.3 Å². The maximum atomic E-state index is 12.4. The van der Waals surface area contributed by atoms with Crippen molar-refractivity contribution in [2.75, 3.05) is 6.61 Å². The molecule has 0 atom stereocenters. The van der Waals surface area contributed by atoms with Crippen LogP contribution < -0.4 is 0 Å². The number of nitrogens with one attached hydrogen (secondary N) is 1. The Morgan fingerprint density at radius 1 is 1.09 bits per heavy atom. The molecule has 8 heteroatoms. The summed E-state index contributed by atoms with van der Waals surface area (Å²) in [6, 6.07) is 0. The van der Waals surface area contributed by atoms with Gasteiger partial charge in [-0.05, 0) is 20.8 Å². The van der Waals surface area contributed by atoms with Gasteiger partial charge >= 0.3 is 5.97 Å². The first-order chi connectivity index (χ1) is 10.8. The van der Waals surface area contributed by atoms with Crippen molar-refractivity contribution >= 4 is 69.0 Å². The van der Waals surface area contributed by atoms with Crippen molar-refractivity contribution < 1.29 is 9.53 Å². The Hall–Kier alpha value is -0.940. The van der Waals surface area contributed by atoms with E-state index in [2.05, 4.69) is 9.98 Å². The molecule has 23 heavy (non-hydrogen) atoms. The van der Waals surface area contributed by atoms with Crippen LogP contribution in [0.4, 0.5) is 0 Å². The first kappa shape index (κ1) is 18.4. The van der Waals surface area contributed by atoms with Gasteiger partial charge in [0.2, 0.25) is 0 Å². The lowest BCUT2D eigenvalue weighted by molar-refractivity contribution is 0.0527. The second-order valence-electron chi connectivity index (χ2n) is 4.97. The number of esters is 1. The molecule has 1 aromatic carbocycles. The molecule has 2 rings (SSSR count). The predicted octanol–water partition coefficient (Wildman–Crippen LogP) is 5.94. The van der Waals surface area contributed by atoms with Gasteiger partial charge in [0.25, 0.3) is 0 Å². The fourth-order valence-electron chi connectivity index (χ4n) is 2.13. The number of halogens is 4. The van der Waals surface area contributed by atoms with E-state index in [-0.39, 0.29) is 38.8 Å². The third-order valence-corrected chi connectivity index (χ3v) is 4.93. The maximum Gasteiger partial charge on any atom is 0.340 e. The van der Waals surface area contributed by atoms with Gasteiger partial charge in [0.15, 0.2) is 0 Å². The topological polar surface area (TPSA) is 54.4 Å². The molecule has 0 unspecified atom stereocenters. The smallest absolute Gasteiger partial charge is 0.340 e. The number of hydrogen-bond acceptors (Lipinski definition) is 3. The lowest BCUT2D eigenvalue weighted by Crippen LogP contribution is -2.07. The lowest BCUT2D eigenvalue weighted by Gasteiger charge is -2.07. The van der Waals surface area contributed by atoms with E-state index in [1.54, 1.807) is 6.92 Å². The van der Waals surface area contributed by atoms with Gasteiger partial charge in [-0.2, -0.15) is 0 Å². The summed E-state index contributed by atoms with van der Waals surface area (Å²) in [5.41, 5.74) is 2.12. The minimum atomic E-state index is -0.519. The van der Waals surface area contributed by atoms with Crippen LogP contribution in [-0.2, 0) is 11.3 Å². The second kappa shape index (κ2) is 7.31. The van der Waals surface area contributed by atoms with Crippen molar-refractivity contribution in [3.63, 3.8) is 0 Å². The van der Waals surface area contributed by atoms with Gasteiger partial charge in [0.05, 0.1) is 50.0 Å². The Kier molecular flexibility index (Phi) is 5.84. The number of rotatable bonds is 4. The van der Waals surface area contributed by atoms with Gasteiger partial charge in [-0.25, -0.2) is 4.79 Å². The lowest BCUT2D eigenvalue weighted by atomic mass is 10.1. The Labute approximate surface area is 153 Å². The van der Waals surface area contributed by atoms with Crippen LogP contribution in [0.3, 0.4) is 0 Å². The van der Waals surface area contributed by atoms with Crippen LogP contribution in [0.5, 0.6) is 0 Å². The summed E-state index contributed by atoms with van der Waals surface area (Å²) in [6.45, 7) is 5.93. The zero-order valence-electron chi connectivity index (χ0n) is 12.7. The predicted molar refractivity (Wildman–Crippen MR) is 96.8 cm³/mol. The molecule has 0 amide bonds. The molecular weight excluding hydrogens is 382 g/mol. The van der Waals surface area contributed by atoms with E-state index in [0.717, 1.165) is 5.71 Å². The highest BCUT2D eigenvalue weighted by molar-refractivity contribution is 6.55. The molecular formula is C15H14Cl4N2O2. The van der Waals surface area contributed by atoms with E-state index in [0.29, 0.717) is 16.6 Å². The van der Waals surface area contributed by atoms with E-state index in [1.807, 2.05) is 13.8 Å². The van der Waals surface area contributed by atoms with Gasteiger partial charge in [-0.1, -0.05) is 46.4 Å². The largest absolute Gasteiger partial charge is 0.462 e. The average Bonchev–Trinajstić information content (AvgIpc) is 2.88. The molecule has 124 valence electrons. The summed E-state index contributed by atoms with van der Waals surface area (Å²) in [7, 11) is 0. The molecule has 0 fully saturated rings. The van der Waals surface area contributed by atoms with E-state index in [1.165, 1.54) is 0 Å². The number of ether oxygens (including phenoxy) is 1. The van der Waals surface area contributed by atoms with E-state index in [9.17, 15) is 4.79 Å². The molecule has 0 saturated carbocycles. The highest BCUT2D eigenvalue weighted by Gasteiger charge is 2.26. The van der Waals surface area contributed by atoms with Gasteiger partial charge in [0.1, 0.15) is 0 Å². The molecule has 0 aliphatic rings. The van der Waals surface area contributed by atoms with Crippen LogP contribution in [0.1, 0.15) is 36.8 Å². The number of aliphatic imine (C=N–C) groups is 1. The zero-order valence-corrected chi connectivity index (χ0v) is 15.7. The molecule has 0 aliphatic carbocycles. The Bertz CT molecular complexity index is 808. The number of aromatic amines is 1. The van der Waals surface area contributed by atoms with Gasteiger partial charge < -0.3 is 9.72 Å². The first-order valence-electron chi connectivity index (χ1n) is 6.80. The highest BCUT2D eigenvalue weighted by Crippen LogP contribution is 2.45. The van der Waals surface area contributed by atoms with Gasteiger partial charge in [-0.3, -0.25) is 4.99 Å². The highest BCUT2D eigenvalue weighted by atomic mass is 35.5. The first-order valence-corrected chi connectivity index (χ1v) is 8.32. The molecule has 1 heterocycles. The molecule has 0 spiro atoms. The minimum absolute atomic E-state index is 0.0945. The normalized spacial score (nSPS) is 10.9. The maximum absolute atomic E-state index is 12.4. The summed E-state index contributed by atoms with van der Waals surface area (Å²) in [5.74, 6) is -0.519. The Balaban J connectivity index is 2.82. The fraction of sp³-hybridized carbons (Fsp3) is 0.333. The van der Waals surface area contributed by atoms with Crippen molar-refractivity contribution in [3.8, 4) is 0 Å². The summed E-state index contributed by atoms with van der Waals surface area (Å²) >= 11 is 24.7. The van der Waals surface area contributed by atoms with Crippen molar-refractivity contribution in [2.45, 2.75) is 27.3 Å². The van der Waals surface area contributed by atoms with Crippen LogP contribution in [0.2, 0.25) is 20.1 Å². The fourth-order valence-corrected chi connectivity index (χ4v) is 3.13. The molecule has 0 bridgehead atoms. The number of carbonyl (C=O) groups is 1. The molecule has 0 aliphatic heterocycles. The monoisotopic (exact) mass is 394 g/mol. The third kappa shape index (κ3) is 3.45. The number of fused-ring (bicyclic) bond motifs is 1. The number of carbonyl (C=O) groups excluding carboxylic acids is 1. The Morgan fingerprint density at radius 2 is 1.70 bits per heavy atom.